The number of hydrogen-bond acceptors (Lipinski definition) is 7. The number of nitrogens with zero attached hydrogens (tertiary/aromatic N) is 4. The van der Waals surface area contributed by atoms with Crippen LogP contribution in [0.3, 0.4) is 0 Å². The van der Waals surface area contributed by atoms with E-state index in [0.29, 0.717) is 11.4 Å². The quantitative estimate of drug-likeness (QED) is 0.403. The molecule has 0 aliphatic carbocycles. The Morgan fingerprint density at radius 3 is 2.34 bits per heavy atom. The van der Waals surface area contributed by atoms with E-state index >= 15 is 0 Å². The van der Waals surface area contributed by atoms with Gasteiger partial charge in [0.1, 0.15) is 11.7 Å². The average Bonchev–Trinajstić information content (AvgIpc) is 3.10. The van der Waals surface area contributed by atoms with E-state index in [1.807, 2.05) is 0 Å². The van der Waals surface area contributed by atoms with E-state index in [1.165, 1.54) is 40.8 Å². The fourth-order valence-corrected chi connectivity index (χ4v) is 7.13. The van der Waals surface area contributed by atoms with E-state index in [2.05, 4.69) is 11.6 Å². The Hall–Kier alpha value is -3.16. The van der Waals surface area contributed by atoms with Crippen molar-refractivity contribution >= 4 is 29.2 Å². The third-order valence-corrected chi connectivity index (χ3v) is 8.80. The van der Waals surface area contributed by atoms with Gasteiger partial charge in [0.15, 0.2) is 5.83 Å². The van der Waals surface area contributed by atoms with E-state index < -0.39 is 53.8 Å². The highest BCUT2D eigenvalue weighted by molar-refractivity contribution is 7.99. The van der Waals surface area contributed by atoms with Gasteiger partial charge in [0.25, 0.3) is 5.91 Å². The van der Waals surface area contributed by atoms with Crippen LogP contribution in [-0.2, 0) is 15.7 Å². The van der Waals surface area contributed by atoms with Gasteiger partial charge >= 0.3 is 6.18 Å². The van der Waals surface area contributed by atoms with Crippen LogP contribution in [0, 0.1) is 5.82 Å². The van der Waals surface area contributed by atoms with Crippen LogP contribution < -0.4 is 4.90 Å². The second-order valence-corrected chi connectivity index (χ2v) is 11.4. The van der Waals surface area contributed by atoms with E-state index in [4.69, 9.17) is 4.74 Å². The lowest BCUT2D eigenvalue weighted by molar-refractivity contribution is -0.137. The van der Waals surface area contributed by atoms with Crippen LogP contribution >= 0.6 is 11.8 Å². The van der Waals surface area contributed by atoms with Gasteiger partial charge < -0.3 is 24.5 Å². The molecule has 1 saturated heterocycles. The minimum atomic E-state index is -4.78. The third-order valence-electron chi connectivity index (χ3n) is 7.57. The zero-order valence-electron chi connectivity index (χ0n) is 22.6. The van der Waals surface area contributed by atoms with Gasteiger partial charge in [0.05, 0.1) is 17.4 Å². The summed E-state index contributed by atoms with van der Waals surface area (Å²) in [5, 5.41) is 11.2. The number of amidine groups is 1. The Kier molecular flexibility index (Phi) is 7.81. The molecule has 1 fully saturated rings. The number of alkyl halides is 3. The summed E-state index contributed by atoms with van der Waals surface area (Å²) >= 11 is 1.18. The molecule has 220 valence electrons. The van der Waals surface area contributed by atoms with Crippen molar-refractivity contribution in [2.24, 2.45) is 4.99 Å². The smallest absolute Gasteiger partial charge is 0.379 e. The maximum atomic E-state index is 14.7. The molecule has 1 N–H and O–H groups in total. The van der Waals surface area contributed by atoms with E-state index in [1.54, 1.807) is 18.7 Å². The summed E-state index contributed by atoms with van der Waals surface area (Å²) < 4.78 is 77.2. The van der Waals surface area contributed by atoms with Gasteiger partial charge in [-0.2, -0.15) is 13.2 Å². The number of anilines is 1. The molecule has 0 saturated carbocycles. The van der Waals surface area contributed by atoms with Gasteiger partial charge in [0, 0.05) is 60.6 Å². The highest BCUT2D eigenvalue weighted by Crippen LogP contribution is 2.51. The van der Waals surface area contributed by atoms with Crippen molar-refractivity contribution in [3.63, 3.8) is 0 Å². The lowest BCUT2D eigenvalue weighted by Crippen LogP contribution is -2.60. The first-order valence-electron chi connectivity index (χ1n) is 13.0. The SMILES string of the molecule is C=C(F)C(=O)N1[C@H](C)CN(C2=NC(O)N3C[C@H](OC)CSc4c(-c5ccc(F)cc5)c(C(F)(F)F)cc2c43)C[C@@H]1C. The Labute approximate surface area is 238 Å². The molecule has 7 nitrogen and oxygen atoms in total. The predicted molar refractivity (Wildman–Crippen MR) is 146 cm³/mol. The predicted octanol–water partition coefficient (Wildman–Crippen LogP) is 4.88. The summed E-state index contributed by atoms with van der Waals surface area (Å²) in [5.41, 5.74) is -0.319. The molecule has 1 amide bonds. The van der Waals surface area contributed by atoms with Gasteiger partial charge in [-0.25, -0.2) is 13.8 Å². The number of amides is 1. The molecular weight excluding hydrogens is 567 g/mol. The van der Waals surface area contributed by atoms with Crippen molar-refractivity contribution in [2.45, 2.75) is 49.5 Å². The summed E-state index contributed by atoms with van der Waals surface area (Å²) in [5.74, 6) is -2.08. The van der Waals surface area contributed by atoms with E-state index in [-0.39, 0.29) is 47.1 Å². The number of carbonyl (C=O) groups excluding carboxylic acids is 1. The number of halogens is 5. The standard InChI is InChI=1S/C28H29F5N4O3S/c1-14-10-35(11-15(2)37(14)26(38)16(3)29)25-20-9-21(28(31,32)33)22(17-5-7-18(30)8-6-17)24-23(20)36(27(39)34-25)12-19(40-4)13-41-24/h5-9,14-15,19,27,39H,3,10-13H2,1-2,4H3/t14-,15+,19-,27?/m0/s1. The molecule has 0 radical (unpaired) electrons. The van der Waals surface area contributed by atoms with Crippen molar-refractivity contribution in [2.75, 3.05) is 37.4 Å². The summed E-state index contributed by atoms with van der Waals surface area (Å²) in [7, 11) is 1.49. The summed E-state index contributed by atoms with van der Waals surface area (Å²) in [6.07, 6.45) is -6.63. The molecule has 4 atom stereocenters. The van der Waals surface area contributed by atoms with Crippen LogP contribution in [0.5, 0.6) is 0 Å². The zero-order chi connectivity index (χ0) is 29.8. The van der Waals surface area contributed by atoms with Crippen LogP contribution in [0.25, 0.3) is 11.1 Å². The maximum absolute atomic E-state index is 14.7. The van der Waals surface area contributed by atoms with Crippen LogP contribution in [0.2, 0.25) is 0 Å². The Morgan fingerprint density at radius 2 is 1.78 bits per heavy atom. The van der Waals surface area contributed by atoms with Gasteiger partial charge in [-0.05, 0) is 37.6 Å². The van der Waals surface area contributed by atoms with Crippen molar-refractivity contribution in [1.82, 2.24) is 9.80 Å². The number of piperazine rings is 1. The molecular formula is C28H29F5N4O3S. The monoisotopic (exact) mass is 596 g/mol. The number of thioether (sulfide) groups is 1. The lowest BCUT2D eigenvalue weighted by Gasteiger charge is -2.47. The Morgan fingerprint density at radius 1 is 1.15 bits per heavy atom. The molecule has 2 aromatic rings. The third kappa shape index (κ3) is 5.30. The number of rotatable bonds is 3. The molecule has 2 aromatic carbocycles. The van der Waals surface area contributed by atoms with Crippen molar-refractivity contribution in [1.29, 1.82) is 0 Å². The number of hydrogen-bond donors (Lipinski definition) is 1. The average molecular weight is 597 g/mol. The van der Waals surface area contributed by atoms with Gasteiger partial charge in [-0.3, -0.25) is 4.79 Å². The van der Waals surface area contributed by atoms with Crippen LogP contribution in [0.1, 0.15) is 25.0 Å². The molecule has 0 aromatic heterocycles. The van der Waals surface area contributed by atoms with E-state index in [0.717, 1.165) is 18.2 Å². The fourth-order valence-electron chi connectivity index (χ4n) is 5.80. The number of aliphatic imine (C=N–C) groups is 1. The first kappa shape index (κ1) is 29.3. The number of benzene rings is 2. The van der Waals surface area contributed by atoms with Crippen molar-refractivity contribution in [3.8, 4) is 11.1 Å². The molecule has 0 spiro atoms. The minimum absolute atomic E-state index is 0.116. The molecule has 41 heavy (non-hydrogen) atoms. The summed E-state index contributed by atoms with van der Waals surface area (Å²) in [6, 6.07) is 4.80. The molecule has 0 bridgehead atoms. The fraction of sp³-hybridized carbons (Fsp3) is 0.429. The van der Waals surface area contributed by atoms with Gasteiger partial charge in [0.2, 0.25) is 6.35 Å². The first-order chi connectivity index (χ1) is 19.3. The second-order valence-electron chi connectivity index (χ2n) is 10.4. The zero-order valence-corrected chi connectivity index (χ0v) is 23.4. The van der Waals surface area contributed by atoms with Gasteiger partial charge in [-0.1, -0.05) is 18.7 Å². The molecule has 3 heterocycles. The van der Waals surface area contributed by atoms with Crippen molar-refractivity contribution < 1.29 is 36.6 Å². The number of carbonyl (C=O) groups is 1. The largest absolute Gasteiger partial charge is 0.417 e. The molecule has 3 aliphatic heterocycles. The van der Waals surface area contributed by atoms with E-state index in [9.17, 15) is 31.9 Å². The second kappa shape index (κ2) is 10.9. The van der Waals surface area contributed by atoms with Crippen LogP contribution in [0.15, 0.2) is 52.6 Å². The van der Waals surface area contributed by atoms with Gasteiger partial charge in [-0.15, -0.1) is 11.8 Å². The Balaban J connectivity index is 1.70. The van der Waals surface area contributed by atoms with Crippen molar-refractivity contribution in [3.05, 3.63) is 59.7 Å². The summed E-state index contributed by atoms with van der Waals surface area (Å²) in [6.45, 7) is 6.95. The topological polar surface area (TPSA) is 68.6 Å². The highest BCUT2D eigenvalue weighted by atomic mass is 32.2. The first-order valence-corrected chi connectivity index (χ1v) is 13.9. The van der Waals surface area contributed by atoms with Crippen LogP contribution in [0.4, 0.5) is 27.6 Å². The number of aliphatic hydroxyl groups is 1. The van der Waals surface area contributed by atoms with Crippen LogP contribution in [-0.4, -0.2) is 83.7 Å². The molecule has 1 unspecified atom stereocenters. The maximum Gasteiger partial charge on any atom is 0.417 e. The molecule has 5 rings (SSSR count). The number of aliphatic hydroxyl groups excluding tert-OH is 1. The molecule has 3 aliphatic rings. The summed E-state index contributed by atoms with van der Waals surface area (Å²) in [4.78, 5) is 21.7. The highest BCUT2D eigenvalue weighted by Gasteiger charge is 2.44. The number of ether oxygens (including phenoxy) is 1. The normalized spacial score (nSPS) is 24.5. The lowest BCUT2D eigenvalue weighted by atomic mass is 9.93. The Bertz CT molecular complexity index is 1390. The minimum Gasteiger partial charge on any atom is -0.379 e. The molecule has 13 heteroatoms. The number of methoxy groups -OCH3 is 1.